The largest absolute Gasteiger partial charge is 0.331 e. The lowest BCUT2D eigenvalue weighted by atomic mass is 9.92. The predicted octanol–water partition coefficient (Wildman–Crippen LogP) is 2.90. The van der Waals surface area contributed by atoms with Crippen molar-refractivity contribution in [1.29, 1.82) is 0 Å². The first kappa shape index (κ1) is 11.2. The van der Waals surface area contributed by atoms with Crippen molar-refractivity contribution in [2.45, 2.75) is 51.9 Å². The molecule has 0 aromatic carbocycles. The molecular weight excluding hydrogens is 178 g/mol. The summed E-state index contributed by atoms with van der Waals surface area (Å²) < 4.78 is 0. The van der Waals surface area contributed by atoms with Gasteiger partial charge in [-0.15, -0.1) is 0 Å². The molecule has 1 fully saturated rings. The van der Waals surface area contributed by atoms with Gasteiger partial charge in [0.15, 0.2) is 0 Å². The van der Waals surface area contributed by atoms with E-state index in [0.29, 0.717) is 5.92 Å². The molecule has 0 aromatic heterocycles. The van der Waals surface area contributed by atoms with Crippen LogP contribution in [0.15, 0.2) is 5.16 Å². The Morgan fingerprint density at radius 3 is 2.36 bits per heavy atom. The Balaban J connectivity index is 2.26. The smallest absolute Gasteiger partial charge is 0.319 e. The van der Waals surface area contributed by atoms with Crippen molar-refractivity contribution in [2.24, 2.45) is 11.1 Å². The van der Waals surface area contributed by atoms with Crippen molar-refractivity contribution < 1.29 is 9.63 Å². The fraction of sp³-hybridized carbons (Fsp3) is 0.818. The van der Waals surface area contributed by atoms with E-state index in [-0.39, 0.29) is 5.97 Å². The molecule has 1 saturated carbocycles. The summed E-state index contributed by atoms with van der Waals surface area (Å²) in [6.45, 7) is 1.37. The van der Waals surface area contributed by atoms with Crippen LogP contribution in [0.5, 0.6) is 0 Å². The molecule has 1 aliphatic rings. The molecular formula is C11H19NO2. The van der Waals surface area contributed by atoms with Gasteiger partial charge < -0.3 is 4.84 Å². The van der Waals surface area contributed by atoms with E-state index in [1.165, 1.54) is 51.9 Å². The van der Waals surface area contributed by atoms with Gasteiger partial charge in [-0.25, -0.2) is 4.79 Å². The Hall–Kier alpha value is -0.860. The summed E-state index contributed by atoms with van der Waals surface area (Å²) >= 11 is 0. The number of rotatable bonds is 2. The third-order valence-electron chi connectivity index (χ3n) is 2.60. The molecule has 0 amide bonds. The van der Waals surface area contributed by atoms with Crippen LogP contribution in [0.4, 0.5) is 0 Å². The first-order valence-electron chi connectivity index (χ1n) is 5.50. The Morgan fingerprint density at radius 1 is 1.21 bits per heavy atom. The normalized spacial score (nSPS) is 20.4. The summed E-state index contributed by atoms with van der Waals surface area (Å²) in [5.74, 6) is 0.168. The van der Waals surface area contributed by atoms with Gasteiger partial charge in [-0.3, -0.25) is 0 Å². The first-order chi connectivity index (χ1) is 6.79. The van der Waals surface area contributed by atoms with Crippen molar-refractivity contribution in [2.75, 3.05) is 0 Å². The fourth-order valence-corrected chi connectivity index (χ4v) is 1.83. The monoisotopic (exact) mass is 197 g/mol. The second-order valence-electron chi connectivity index (χ2n) is 3.94. The maximum atomic E-state index is 10.5. The average Bonchev–Trinajstić information content (AvgIpc) is 2.07. The Morgan fingerprint density at radius 2 is 1.79 bits per heavy atom. The number of carbonyl (C=O) groups excluding carboxylic acids is 1. The van der Waals surface area contributed by atoms with Gasteiger partial charge in [0.25, 0.3) is 0 Å². The summed E-state index contributed by atoms with van der Waals surface area (Å²) in [5, 5.41) is 3.69. The van der Waals surface area contributed by atoms with E-state index in [2.05, 4.69) is 9.99 Å². The topological polar surface area (TPSA) is 38.7 Å². The highest BCUT2D eigenvalue weighted by Gasteiger charge is 2.08. The molecule has 1 aliphatic carbocycles. The Kier molecular flexibility index (Phi) is 5.27. The molecule has 0 N–H and O–H groups in total. The summed E-state index contributed by atoms with van der Waals surface area (Å²) in [7, 11) is 0. The van der Waals surface area contributed by atoms with E-state index < -0.39 is 0 Å². The van der Waals surface area contributed by atoms with E-state index >= 15 is 0 Å². The van der Waals surface area contributed by atoms with Crippen LogP contribution in [-0.4, -0.2) is 12.2 Å². The third-order valence-corrected chi connectivity index (χ3v) is 2.60. The van der Waals surface area contributed by atoms with Crippen LogP contribution in [0.1, 0.15) is 51.9 Å². The molecule has 1 rings (SSSR count). The lowest BCUT2D eigenvalue weighted by molar-refractivity contribution is -0.140. The van der Waals surface area contributed by atoms with Crippen LogP contribution in [0.25, 0.3) is 0 Å². The zero-order chi connectivity index (χ0) is 10.2. The molecule has 0 bridgehead atoms. The van der Waals surface area contributed by atoms with Gasteiger partial charge in [0.05, 0.1) is 0 Å². The lowest BCUT2D eigenvalue weighted by Gasteiger charge is -2.14. The number of hydrogen-bond acceptors (Lipinski definition) is 3. The van der Waals surface area contributed by atoms with Gasteiger partial charge in [-0.05, 0) is 18.8 Å². The second kappa shape index (κ2) is 6.57. The standard InChI is InChI=1S/C11H19NO2/c1-10(13)14-12-9-11-7-5-3-2-4-6-8-11/h9,11H,2-8H2,1H3/b12-9+. The van der Waals surface area contributed by atoms with Gasteiger partial charge >= 0.3 is 5.97 Å². The molecule has 0 unspecified atom stereocenters. The fourth-order valence-electron chi connectivity index (χ4n) is 1.83. The number of nitrogens with zero attached hydrogens (tertiary/aromatic N) is 1. The van der Waals surface area contributed by atoms with Gasteiger partial charge in [-0.2, -0.15) is 0 Å². The molecule has 0 radical (unpaired) electrons. The molecule has 3 heteroatoms. The molecule has 0 heterocycles. The third kappa shape index (κ3) is 5.00. The molecule has 0 saturated heterocycles. The molecule has 0 aliphatic heterocycles. The maximum Gasteiger partial charge on any atom is 0.331 e. The molecule has 0 aromatic rings. The highest BCUT2D eigenvalue weighted by molar-refractivity contribution is 5.67. The van der Waals surface area contributed by atoms with Crippen molar-refractivity contribution in [3.05, 3.63) is 0 Å². The van der Waals surface area contributed by atoms with Gasteiger partial charge in [0.1, 0.15) is 0 Å². The summed E-state index contributed by atoms with van der Waals surface area (Å²) in [6.07, 6.45) is 10.7. The Labute approximate surface area is 85.5 Å². The van der Waals surface area contributed by atoms with Crippen molar-refractivity contribution in [3.8, 4) is 0 Å². The van der Waals surface area contributed by atoms with E-state index in [9.17, 15) is 4.79 Å². The van der Waals surface area contributed by atoms with Crippen LogP contribution in [-0.2, 0) is 9.63 Å². The number of oxime groups is 1. The molecule has 3 nitrogen and oxygen atoms in total. The summed E-state index contributed by atoms with van der Waals surface area (Å²) in [6, 6.07) is 0. The molecule has 0 atom stereocenters. The highest BCUT2D eigenvalue weighted by atomic mass is 16.7. The average molecular weight is 197 g/mol. The molecule has 14 heavy (non-hydrogen) atoms. The number of carbonyl (C=O) groups is 1. The summed E-state index contributed by atoms with van der Waals surface area (Å²) in [4.78, 5) is 15.0. The SMILES string of the molecule is CC(=O)O/N=C/C1CCCCCCC1. The van der Waals surface area contributed by atoms with Crippen LogP contribution < -0.4 is 0 Å². The van der Waals surface area contributed by atoms with E-state index in [1.54, 1.807) is 6.21 Å². The van der Waals surface area contributed by atoms with Crippen molar-refractivity contribution >= 4 is 12.2 Å². The molecule has 80 valence electrons. The zero-order valence-electron chi connectivity index (χ0n) is 8.87. The van der Waals surface area contributed by atoms with Gasteiger partial charge in [-0.1, -0.05) is 37.3 Å². The predicted molar refractivity (Wildman–Crippen MR) is 56.1 cm³/mol. The minimum atomic E-state index is -0.341. The van der Waals surface area contributed by atoms with Crippen molar-refractivity contribution in [3.63, 3.8) is 0 Å². The van der Waals surface area contributed by atoms with Crippen LogP contribution >= 0.6 is 0 Å². The summed E-state index contributed by atoms with van der Waals surface area (Å²) in [5.41, 5.74) is 0. The lowest BCUT2D eigenvalue weighted by Crippen LogP contribution is -2.05. The second-order valence-corrected chi connectivity index (χ2v) is 3.94. The van der Waals surface area contributed by atoms with E-state index in [0.717, 1.165) is 0 Å². The number of hydrogen-bond donors (Lipinski definition) is 0. The Bertz CT molecular complexity index is 193. The van der Waals surface area contributed by atoms with Crippen molar-refractivity contribution in [1.82, 2.24) is 0 Å². The first-order valence-corrected chi connectivity index (χ1v) is 5.50. The minimum Gasteiger partial charge on any atom is -0.319 e. The minimum absolute atomic E-state index is 0.341. The molecule has 0 spiro atoms. The maximum absolute atomic E-state index is 10.5. The zero-order valence-corrected chi connectivity index (χ0v) is 8.87. The van der Waals surface area contributed by atoms with Gasteiger partial charge in [0, 0.05) is 13.1 Å². The quantitative estimate of drug-likeness (QED) is 0.388. The van der Waals surface area contributed by atoms with E-state index in [4.69, 9.17) is 0 Å². The highest BCUT2D eigenvalue weighted by Crippen LogP contribution is 2.20. The van der Waals surface area contributed by atoms with Crippen LogP contribution in [0, 0.1) is 5.92 Å². The van der Waals surface area contributed by atoms with Crippen LogP contribution in [0.3, 0.4) is 0 Å². The van der Waals surface area contributed by atoms with E-state index in [1.807, 2.05) is 0 Å². The van der Waals surface area contributed by atoms with Gasteiger partial charge in [0.2, 0.25) is 0 Å². The van der Waals surface area contributed by atoms with Crippen LogP contribution in [0.2, 0.25) is 0 Å².